The highest BCUT2D eigenvalue weighted by Crippen LogP contribution is 2.14. The van der Waals surface area contributed by atoms with Crippen molar-refractivity contribution in [3.63, 3.8) is 0 Å². The van der Waals surface area contributed by atoms with Crippen molar-refractivity contribution in [2.45, 2.75) is 19.8 Å². The van der Waals surface area contributed by atoms with E-state index in [1.54, 1.807) is 12.3 Å². The Hall–Kier alpha value is -1.51. The molecule has 0 unspecified atom stereocenters. The van der Waals surface area contributed by atoms with Crippen molar-refractivity contribution in [2.24, 2.45) is 4.99 Å². The molecule has 0 N–H and O–H groups in total. The molecule has 0 saturated heterocycles. The third kappa shape index (κ3) is 2.78. The number of nitrogens with zero attached hydrogens (tertiary/aromatic N) is 3. The Bertz CT molecular complexity index is 316. The summed E-state index contributed by atoms with van der Waals surface area (Å²) < 4.78 is 0. The molecular formula is C10H13N3. The smallest absolute Gasteiger partial charge is 0.155 e. The van der Waals surface area contributed by atoms with Crippen LogP contribution >= 0.6 is 0 Å². The van der Waals surface area contributed by atoms with Crippen molar-refractivity contribution in [3.05, 3.63) is 30.7 Å². The highest BCUT2D eigenvalue weighted by atomic mass is 14.9. The lowest BCUT2D eigenvalue weighted by molar-refractivity contribution is 0.814. The normalized spacial score (nSPS) is 11.0. The van der Waals surface area contributed by atoms with E-state index in [0.29, 0.717) is 11.7 Å². The first-order chi connectivity index (χ1) is 6.24. The molecule has 0 radical (unpaired) electrons. The molecule has 1 heterocycles. The molecule has 0 aliphatic rings. The third-order valence-electron chi connectivity index (χ3n) is 1.58. The summed E-state index contributed by atoms with van der Waals surface area (Å²) in [7, 11) is 0. The van der Waals surface area contributed by atoms with Crippen LogP contribution in [0.4, 0.5) is 5.82 Å². The fourth-order valence-corrected chi connectivity index (χ4v) is 0.877. The first kappa shape index (κ1) is 9.58. The van der Waals surface area contributed by atoms with Gasteiger partial charge in [-0.15, -0.1) is 0 Å². The van der Waals surface area contributed by atoms with Gasteiger partial charge < -0.3 is 0 Å². The Morgan fingerprint density at radius 1 is 1.46 bits per heavy atom. The molecule has 0 saturated carbocycles. The number of aromatic nitrogens is 2. The van der Waals surface area contributed by atoms with Gasteiger partial charge in [-0.05, 0) is 5.92 Å². The van der Waals surface area contributed by atoms with E-state index in [1.807, 2.05) is 6.07 Å². The molecule has 0 spiro atoms. The molecule has 3 nitrogen and oxygen atoms in total. The molecule has 13 heavy (non-hydrogen) atoms. The molecule has 0 atom stereocenters. The summed E-state index contributed by atoms with van der Waals surface area (Å²) in [5, 5.41) is 0. The first-order valence-electron chi connectivity index (χ1n) is 4.21. The Balaban J connectivity index is 2.91. The van der Waals surface area contributed by atoms with E-state index in [4.69, 9.17) is 0 Å². The summed E-state index contributed by atoms with van der Waals surface area (Å²) in [6.07, 6.45) is 4.77. The largest absolute Gasteiger partial charge is 0.241 e. The van der Waals surface area contributed by atoms with Crippen LogP contribution in [-0.4, -0.2) is 16.2 Å². The monoisotopic (exact) mass is 175 g/mol. The number of hydrogen-bond donors (Lipinski definition) is 0. The molecule has 0 aliphatic carbocycles. The van der Waals surface area contributed by atoms with E-state index in [0.717, 1.165) is 5.69 Å². The van der Waals surface area contributed by atoms with Crippen LogP contribution in [0, 0.1) is 0 Å². The second kappa shape index (κ2) is 4.50. The zero-order valence-corrected chi connectivity index (χ0v) is 7.94. The second-order valence-electron chi connectivity index (χ2n) is 2.97. The quantitative estimate of drug-likeness (QED) is 0.662. The van der Waals surface area contributed by atoms with Gasteiger partial charge in [0.25, 0.3) is 0 Å². The van der Waals surface area contributed by atoms with Gasteiger partial charge in [0.1, 0.15) is 6.33 Å². The van der Waals surface area contributed by atoms with Crippen LogP contribution in [-0.2, 0) is 0 Å². The number of rotatable bonds is 3. The second-order valence-corrected chi connectivity index (χ2v) is 2.97. The van der Waals surface area contributed by atoms with Crippen molar-refractivity contribution < 1.29 is 0 Å². The van der Waals surface area contributed by atoms with Crippen molar-refractivity contribution in [1.29, 1.82) is 0 Å². The average Bonchev–Trinajstić information content (AvgIpc) is 2.15. The first-order valence-corrected chi connectivity index (χ1v) is 4.21. The summed E-state index contributed by atoms with van der Waals surface area (Å²) in [6, 6.07) is 1.88. The number of aliphatic imine (C=N–C) groups is 1. The maximum Gasteiger partial charge on any atom is 0.155 e. The molecule has 0 aliphatic heterocycles. The lowest BCUT2D eigenvalue weighted by atomic mass is 10.1. The Kier molecular flexibility index (Phi) is 3.31. The maximum absolute atomic E-state index is 4.14. The van der Waals surface area contributed by atoms with Crippen LogP contribution in [0.2, 0.25) is 0 Å². The van der Waals surface area contributed by atoms with E-state index in [1.165, 1.54) is 6.33 Å². The van der Waals surface area contributed by atoms with E-state index < -0.39 is 0 Å². The lowest BCUT2D eigenvalue weighted by Crippen LogP contribution is -1.92. The fraction of sp³-hybridized carbons (Fsp3) is 0.300. The number of allylic oxidation sites excluding steroid dienone is 1. The van der Waals surface area contributed by atoms with Gasteiger partial charge in [-0.3, -0.25) is 0 Å². The molecule has 3 heteroatoms. The van der Waals surface area contributed by atoms with Crippen molar-refractivity contribution >= 4 is 12.0 Å². The third-order valence-corrected chi connectivity index (χ3v) is 1.58. The van der Waals surface area contributed by atoms with Crippen LogP contribution in [0.3, 0.4) is 0 Å². The standard InChI is InChI=1S/C10H13N3/c1-4-5-11-10-6-9(8(2)3)12-7-13-10/h4-8H,1H2,2-3H3. The SMILES string of the molecule is C=CC=Nc1cc(C(C)C)ncn1. The minimum absolute atomic E-state index is 0.403. The highest BCUT2D eigenvalue weighted by molar-refractivity contribution is 5.72. The van der Waals surface area contributed by atoms with Gasteiger partial charge in [0.05, 0.1) is 0 Å². The van der Waals surface area contributed by atoms with Crippen molar-refractivity contribution in [3.8, 4) is 0 Å². The molecule has 1 aromatic rings. The Morgan fingerprint density at radius 2 is 2.23 bits per heavy atom. The predicted molar refractivity (Wildman–Crippen MR) is 54.5 cm³/mol. The zero-order chi connectivity index (χ0) is 9.68. The van der Waals surface area contributed by atoms with Crippen LogP contribution in [0.25, 0.3) is 0 Å². The van der Waals surface area contributed by atoms with Crippen molar-refractivity contribution in [1.82, 2.24) is 9.97 Å². The predicted octanol–water partition coefficient (Wildman–Crippen LogP) is 2.49. The topological polar surface area (TPSA) is 38.1 Å². The van der Waals surface area contributed by atoms with Gasteiger partial charge >= 0.3 is 0 Å². The van der Waals surface area contributed by atoms with Gasteiger partial charge in [0.2, 0.25) is 0 Å². The van der Waals surface area contributed by atoms with E-state index in [9.17, 15) is 0 Å². The van der Waals surface area contributed by atoms with Crippen LogP contribution in [0.5, 0.6) is 0 Å². The average molecular weight is 175 g/mol. The van der Waals surface area contributed by atoms with E-state index in [2.05, 4.69) is 35.4 Å². The number of hydrogen-bond acceptors (Lipinski definition) is 3. The minimum Gasteiger partial charge on any atom is -0.241 e. The van der Waals surface area contributed by atoms with E-state index in [-0.39, 0.29) is 0 Å². The fourth-order valence-electron chi connectivity index (χ4n) is 0.877. The maximum atomic E-state index is 4.14. The summed E-state index contributed by atoms with van der Waals surface area (Å²) in [5.74, 6) is 1.08. The highest BCUT2D eigenvalue weighted by Gasteiger charge is 2.00. The van der Waals surface area contributed by atoms with Gasteiger partial charge in [0.15, 0.2) is 5.82 Å². The van der Waals surface area contributed by atoms with Crippen LogP contribution in [0.15, 0.2) is 30.0 Å². The summed E-state index contributed by atoms with van der Waals surface area (Å²) >= 11 is 0. The van der Waals surface area contributed by atoms with E-state index >= 15 is 0 Å². The molecular weight excluding hydrogens is 162 g/mol. The van der Waals surface area contributed by atoms with Crippen LogP contribution in [0.1, 0.15) is 25.5 Å². The summed E-state index contributed by atoms with van der Waals surface area (Å²) in [4.78, 5) is 12.2. The molecule has 68 valence electrons. The summed E-state index contributed by atoms with van der Waals surface area (Å²) in [6.45, 7) is 7.71. The summed E-state index contributed by atoms with van der Waals surface area (Å²) in [5.41, 5.74) is 1.01. The van der Waals surface area contributed by atoms with Gasteiger partial charge in [0, 0.05) is 18.0 Å². The van der Waals surface area contributed by atoms with Gasteiger partial charge in [-0.1, -0.05) is 26.5 Å². The lowest BCUT2D eigenvalue weighted by Gasteiger charge is -2.02. The molecule has 0 fully saturated rings. The Morgan fingerprint density at radius 3 is 2.85 bits per heavy atom. The van der Waals surface area contributed by atoms with Crippen LogP contribution < -0.4 is 0 Å². The molecule has 0 bridgehead atoms. The van der Waals surface area contributed by atoms with Crippen molar-refractivity contribution in [2.75, 3.05) is 0 Å². The zero-order valence-electron chi connectivity index (χ0n) is 7.94. The van der Waals surface area contributed by atoms with Gasteiger partial charge in [-0.25, -0.2) is 15.0 Å². The van der Waals surface area contributed by atoms with Gasteiger partial charge in [-0.2, -0.15) is 0 Å². The Labute approximate surface area is 78.3 Å². The minimum atomic E-state index is 0.403. The molecule has 0 aromatic carbocycles. The molecule has 1 aromatic heterocycles. The molecule has 0 amide bonds. The molecule has 1 rings (SSSR count).